The van der Waals surface area contributed by atoms with Gasteiger partial charge in [-0.05, 0) is 75.7 Å². The molecule has 2 aliphatic heterocycles. The van der Waals surface area contributed by atoms with Crippen molar-refractivity contribution < 1.29 is 13.9 Å². The molecule has 1 aromatic heterocycles. The van der Waals surface area contributed by atoms with E-state index in [1.54, 1.807) is 0 Å². The number of fused-ring (bicyclic) bond motifs is 3. The zero-order valence-corrected chi connectivity index (χ0v) is 24.3. The number of hydrogen-bond acceptors (Lipinski definition) is 7. The second-order valence-corrected chi connectivity index (χ2v) is 12.3. The molecule has 0 radical (unpaired) electrons. The monoisotopic (exact) mass is 578 g/mol. The van der Waals surface area contributed by atoms with Crippen molar-refractivity contribution in [3.05, 3.63) is 58.0 Å². The lowest BCUT2D eigenvalue weighted by Gasteiger charge is -2.42. The number of nitrogens with zero attached hydrogens (tertiary/aromatic N) is 6. The van der Waals surface area contributed by atoms with Gasteiger partial charge in [0, 0.05) is 41.7 Å². The number of hydrogen-bond donors (Lipinski definition) is 0. The molecule has 0 N–H and O–H groups in total. The molecule has 3 heterocycles. The standard InChI is InChI=1S/C31H36ClFN6O2/c1-20(33)29(40)39-16-15-38(18-21(39)10-13-34)28-24-9-12-31(11-8-23-25(31)6-3-7-26(23)32)17-27(24)35-30(36-28)41-19-22-5-4-14-37(22)2/h3,6-7,21-22H,1,4-5,8-12,14-19H2,2H3/t21-,22+,31-/m0/s1. The molecule has 2 aromatic rings. The predicted molar refractivity (Wildman–Crippen MR) is 155 cm³/mol. The number of benzene rings is 1. The van der Waals surface area contributed by atoms with Crippen LogP contribution >= 0.6 is 11.6 Å². The van der Waals surface area contributed by atoms with Crippen LogP contribution in [-0.4, -0.2) is 77.6 Å². The molecular formula is C31H36ClFN6O2. The first-order chi connectivity index (χ1) is 19.8. The van der Waals surface area contributed by atoms with Gasteiger partial charge in [-0.15, -0.1) is 0 Å². The second-order valence-electron chi connectivity index (χ2n) is 11.9. The molecule has 4 aliphatic rings. The van der Waals surface area contributed by atoms with Gasteiger partial charge in [0.15, 0.2) is 5.83 Å². The molecule has 6 rings (SSSR count). The molecular weight excluding hydrogens is 543 g/mol. The maximum absolute atomic E-state index is 13.8. The van der Waals surface area contributed by atoms with Crippen LogP contribution in [0.5, 0.6) is 6.01 Å². The highest BCUT2D eigenvalue weighted by Crippen LogP contribution is 2.50. The molecule has 1 aromatic carbocycles. The highest BCUT2D eigenvalue weighted by molar-refractivity contribution is 6.31. The normalized spacial score (nSPS) is 25.6. The summed E-state index contributed by atoms with van der Waals surface area (Å²) in [7, 11) is 2.12. The van der Waals surface area contributed by atoms with E-state index in [0.717, 1.165) is 73.6 Å². The molecule has 41 heavy (non-hydrogen) atoms. The van der Waals surface area contributed by atoms with Gasteiger partial charge < -0.3 is 19.4 Å². The van der Waals surface area contributed by atoms with Crippen molar-refractivity contribution in [3.8, 4) is 12.1 Å². The number of carbonyl (C=O) groups is 1. The minimum absolute atomic E-state index is 0.0161. The molecule has 1 amide bonds. The van der Waals surface area contributed by atoms with Crippen molar-refractivity contribution in [2.45, 2.75) is 68.9 Å². The lowest BCUT2D eigenvalue weighted by atomic mass is 9.69. The third kappa shape index (κ3) is 5.17. The number of halogens is 2. The number of aromatic nitrogens is 2. The number of anilines is 1. The Morgan fingerprint density at radius 3 is 2.76 bits per heavy atom. The van der Waals surface area contributed by atoms with Crippen LogP contribution < -0.4 is 9.64 Å². The van der Waals surface area contributed by atoms with Gasteiger partial charge >= 0.3 is 6.01 Å². The number of nitriles is 1. The lowest BCUT2D eigenvalue weighted by molar-refractivity contribution is -0.131. The summed E-state index contributed by atoms with van der Waals surface area (Å²) in [6.45, 7) is 5.90. The van der Waals surface area contributed by atoms with Crippen molar-refractivity contribution in [1.29, 1.82) is 5.26 Å². The van der Waals surface area contributed by atoms with Crippen molar-refractivity contribution in [2.75, 3.05) is 44.7 Å². The number of piperazine rings is 1. The minimum Gasteiger partial charge on any atom is -0.462 e. The fourth-order valence-electron chi connectivity index (χ4n) is 7.36. The van der Waals surface area contributed by atoms with Crippen LogP contribution in [-0.2, 0) is 29.5 Å². The summed E-state index contributed by atoms with van der Waals surface area (Å²) in [4.78, 5) is 28.3. The largest absolute Gasteiger partial charge is 0.462 e. The zero-order valence-electron chi connectivity index (χ0n) is 23.5. The average Bonchev–Trinajstić information content (AvgIpc) is 3.54. The summed E-state index contributed by atoms with van der Waals surface area (Å²) < 4.78 is 20.0. The molecule has 2 fully saturated rings. The van der Waals surface area contributed by atoms with Gasteiger partial charge in [0.2, 0.25) is 0 Å². The zero-order chi connectivity index (χ0) is 28.7. The molecule has 0 saturated carbocycles. The van der Waals surface area contributed by atoms with E-state index in [0.29, 0.717) is 31.7 Å². The van der Waals surface area contributed by atoms with Gasteiger partial charge in [0.05, 0.1) is 24.2 Å². The maximum Gasteiger partial charge on any atom is 0.318 e. The van der Waals surface area contributed by atoms with Crippen molar-refractivity contribution in [2.24, 2.45) is 0 Å². The number of likely N-dealkylation sites (tertiary alicyclic amines) is 1. The second kappa shape index (κ2) is 11.2. The fourth-order valence-corrected chi connectivity index (χ4v) is 7.63. The van der Waals surface area contributed by atoms with E-state index in [1.165, 1.54) is 16.0 Å². The van der Waals surface area contributed by atoms with Crippen LogP contribution in [0.25, 0.3) is 0 Å². The fraction of sp³-hybridized carbons (Fsp3) is 0.548. The Labute approximate surface area is 245 Å². The Morgan fingerprint density at radius 2 is 2.02 bits per heavy atom. The van der Waals surface area contributed by atoms with Gasteiger partial charge in [-0.25, -0.2) is 4.39 Å². The third-order valence-corrected chi connectivity index (χ3v) is 9.99. The summed E-state index contributed by atoms with van der Waals surface area (Å²) in [6, 6.07) is 8.64. The average molecular weight is 579 g/mol. The van der Waals surface area contributed by atoms with Gasteiger partial charge in [0.1, 0.15) is 12.4 Å². The molecule has 10 heteroatoms. The van der Waals surface area contributed by atoms with E-state index in [1.807, 2.05) is 12.1 Å². The smallest absolute Gasteiger partial charge is 0.318 e. The van der Waals surface area contributed by atoms with Crippen LogP contribution in [0.4, 0.5) is 10.2 Å². The Hall–Kier alpha value is -3.22. The topological polar surface area (TPSA) is 85.6 Å². The highest BCUT2D eigenvalue weighted by Gasteiger charge is 2.44. The quantitative estimate of drug-likeness (QED) is 0.470. The Bertz CT molecular complexity index is 1410. The molecule has 2 aliphatic carbocycles. The number of ether oxygens (including phenoxy) is 1. The lowest BCUT2D eigenvalue weighted by Crippen LogP contribution is -2.55. The Kier molecular flexibility index (Phi) is 7.64. The van der Waals surface area contributed by atoms with Crippen LogP contribution in [0.2, 0.25) is 5.02 Å². The van der Waals surface area contributed by atoms with E-state index in [2.05, 4.69) is 35.6 Å². The number of likely N-dealkylation sites (N-methyl/N-ethyl adjacent to an activating group) is 1. The first-order valence-corrected chi connectivity index (χ1v) is 15.0. The predicted octanol–water partition coefficient (Wildman–Crippen LogP) is 4.39. The first-order valence-electron chi connectivity index (χ1n) is 14.6. The van der Waals surface area contributed by atoms with Crippen molar-refractivity contribution >= 4 is 23.3 Å². The van der Waals surface area contributed by atoms with Gasteiger partial charge in [0.25, 0.3) is 5.91 Å². The third-order valence-electron chi connectivity index (χ3n) is 9.63. The van der Waals surface area contributed by atoms with Gasteiger partial charge in [-0.1, -0.05) is 30.3 Å². The summed E-state index contributed by atoms with van der Waals surface area (Å²) in [5.74, 6) is -0.950. The molecule has 8 nitrogen and oxygen atoms in total. The summed E-state index contributed by atoms with van der Waals surface area (Å²) in [5.41, 5.74) is 4.66. The highest BCUT2D eigenvalue weighted by atomic mass is 35.5. The first kappa shape index (κ1) is 27.9. The molecule has 1 spiro atoms. The van der Waals surface area contributed by atoms with Gasteiger partial charge in [-0.3, -0.25) is 4.79 Å². The summed E-state index contributed by atoms with van der Waals surface area (Å²) in [5, 5.41) is 10.3. The maximum atomic E-state index is 13.8. The van der Waals surface area contributed by atoms with E-state index in [-0.39, 0.29) is 18.4 Å². The van der Waals surface area contributed by atoms with Crippen molar-refractivity contribution in [3.63, 3.8) is 0 Å². The Morgan fingerprint density at radius 1 is 1.22 bits per heavy atom. The summed E-state index contributed by atoms with van der Waals surface area (Å²) in [6.07, 6.45) is 6.90. The number of amides is 1. The van der Waals surface area contributed by atoms with Crippen molar-refractivity contribution in [1.82, 2.24) is 19.8 Å². The van der Waals surface area contributed by atoms with E-state index >= 15 is 0 Å². The van der Waals surface area contributed by atoms with E-state index < -0.39 is 17.8 Å². The van der Waals surface area contributed by atoms with Crippen LogP contribution in [0.15, 0.2) is 30.6 Å². The molecule has 3 atom stereocenters. The summed E-state index contributed by atoms with van der Waals surface area (Å²) >= 11 is 6.60. The number of carbonyl (C=O) groups excluding carboxylic acids is 1. The molecule has 2 saturated heterocycles. The molecule has 0 unspecified atom stereocenters. The van der Waals surface area contributed by atoms with E-state index in [4.69, 9.17) is 26.3 Å². The van der Waals surface area contributed by atoms with E-state index in [9.17, 15) is 14.4 Å². The molecule has 0 bridgehead atoms. The SMILES string of the molecule is C=C(F)C(=O)N1CCN(c2nc(OC[C@H]3CCCN3C)nc3c2CC[C@@]2(CCc4c(Cl)cccc42)C3)C[C@@H]1CC#N. The minimum atomic E-state index is -1.00. The van der Waals surface area contributed by atoms with Crippen LogP contribution in [0.3, 0.4) is 0 Å². The molecule has 216 valence electrons. The van der Waals surface area contributed by atoms with Gasteiger partial charge in [-0.2, -0.15) is 15.2 Å². The Balaban J connectivity index is 1.34. The van der Waals surface area contributed by atoms with Crippen LogP contribution in [0, 0.1) is 11.3 Å². The number of rotatable bonds is 6. The van der Waals surface area contributed by atoms with Crippen LogP contribution in [0.1, 0.15) is 54.5 Å².